The van der Waals surface area contributed by atoms with Gasteiger partial charge in [-0.2, -0.15) is 0 Å². The van der Waals surface area contributed by atoms with E-state index < -0.39 is 10.0 Å². The minimum absolute atomic E-state index is 0.0650. The van der Waals surface area contributed by atoms with Crippen molar-refractivity contribution in [1.29, 1.82) is 0 Å². The Balaban J connectivity index is 1.98. The van der Waals surface area contributed by atoms with Gasteiger partial charge in [0.05, 0.1) is 4.90 Å². The van der Waals surface area contributed by atoms with E-state index in [1.54, 1.807) is 12.1 Å². The molecule has 2 aromatic rings. The topological polar surface area (TPSA) is 113 Å². The number of hydrogen-bond donors (Lipinski definition) is 3. The standard InChI is InChI=1S/C17H23N5O3S/c1-3-4-5-12-18-16-10-11-17(21-20-16)22-26(24,25)15-8-6-14(7-9-15)19-13(2)23/h6-11H,3-5,12H2,1-2H3,(H,18,20)(H,19,23)(H,21,22). The first-order valence-corrected chi connectivity index (χ1v) is 9.87. The molecule has 0 radical (unpaired) electrons. The van der Waals surface area contributed by atoms with E-state index in [0.717, 1.165) is 25.8 Å². The minimum atomic E-state index is -3.78. The predicted octanol–water partition coefficient (Wildman–Crippen LogP) is 2.84. The highest BCUT2D eigenvalue weighted by Gasteiger charge is 2.15. The third-order valence-electron chi connectivity index (χ3n) is 3.47. The monoisotopic (exact) mass is 377 g/mol. The van der Waals surface area contributed by atoms with Crippen LogP contribution in [0.1, 0.15) is 33.1 Å². The summed E-state index contributed by atoms with van der Waals surface area (Å²) in [6.07, 6.45) is 3.32. The smallest absolute Gasteiger partial charge is 0.263 e. The quantitative estimate of drug-likeness (QED) is 0.579. The number of unbranched alkanes of at least 4 members (excludes halogenated alkanes) is 2. The summed E-state index contributed by atoms with van der Waals surface area (Å²) in [5, 5.41) is 13.6. The number of rotatable bonds is 9. The molecule has 2 rings (SSSR count). The Hall–Kier alpha value is -2.68. The maximum atomic E-state index is 12.4. The zero-order valence-corrected chi connectivity index (χ0v) is 15.6. The van der Waals surface area contributed by atoms with E-state index in [0.29, 0.717) is 11.5 Å². The van der Waals surface area contributed by atoms with Crippen LogP contribution < -0.4 is 15.4 Å². The summed E-state index contributed by atoms with van der Waals surface area (Å²) >= 11 is 0. The van der Waals surface area contributed by atoms with Gasteiger partial charge >= 0.3 is 0 Å². The van der Waals surface area contributed by atoms with Crippen molar-refractivity contribution in [3.8, 4) is 0 Å². The Bertz CT molecular complexity index is 820. The average molecular weight is 377 g/mol. The number of nitrogens with one attached hydrogen (secondary N) is 3. The highest BCUT2D eigenvalue weighted by Crippen LogP contribution is 2.17. The van der Waals surface area contributed by atoms with Gasteiger partial charge in [-0.15, -0.1) is 10.2 Å². The summed E-state index contributed by atoms with van der Waals surface area (Å²) in [7, 11) is -3.78. The number of sulfonamides is 1. The molecule has 0 spiro atoms. The molecule has 0 unspecified atom stereocenters. The van der Waals surface area contributed by atoms with Gasteiger partial charge in [0.15, 0.2) is 5.82 Å². The van der Waals surface area contributed by atoms with E-state index in [9.17, 15) is 13.2 Å². The van der Waals surface area contributed by atoms with Crippen molar-refractivity contribution in [1.82, 2.24) is 10.2 Å². The molecule has 0 atom stereocenters. The third-order valence-corrected chi connectivity index (χ3v) is 4.85. The molecular weight excluding hydrogens is 354 g/mol. The zero-order chi connectivity index (χ0) is 19.0. The van der Waals surface area contributed by atoms with Crippen LogP contribution in [-0.4, -0.2) is 31.1 Å². The highest BCUT2D eigenvalue weighted by atomic mass is 32.2. The van der Waals surface area contributed by atoms with Crippen LogP contribution in [0.4, 0.5) is 17.3 Å². The van der Waals surface area contributed by atoms with Crippen LogP contribution in [-0.2, 0) is 14.8 Å². The maximum Gasteiger partial charge on any atom is 0.263 e. The predicted molar refractivity (Wildman–Crippen MR) is 102 cm³/mol. The normalized spacial score (nSPS) is 11.0. The Morgan fingerprint density at radius 2 is 1.65 bits per heavy atom. The summed E-state index contributed by atoms with van der Waals surface area (Å²) in [5.74, 6) is 0.510. The van der Waals surface area contributed by atoms with Crippen LogP contribution in [0.5, 0.6) is 0 Å². The fraction of sp³-hybridized carbons (Fsp3) is 0.353. The lowest BCUT2D eigenvalue weighted by atomic mass is 10.2. The molecule has 3 N–H and O–H groups in total. The third kappa shape index (κ3) is 5.99. The van der Waals surface area contributed by atoms with E-state index in [1.807, 2.05) is 0 Å². The van der Waals surface area contributed by atoms with Crippen LogP contribution in [0.15, 0.2) is 41.3 Å². The molecule has 0 bridgehead atoms. The Morgan fingerprint density at radius 1 is 1.00 bits per heavy atom. The van der Waals surface area contributed by atoms with Crippen LogP contribution in [0, 0.1) is 0 Å². The average Bonchev–Trinajstić information content (AvgIpc) is 2.60. The molecule has 1 amide bonds. The first kappa shape index (κ1) is 19.6. The van der Waals surface area contributed by atoms with Crippen molar-refractivity contribution < 1.29 is 13.2 Å². The van der Waals surface area contributed by atoms with E-state index in [-0.39, 0.29) is 16.6 Å². The van der Waals surface area contributed by atoms with Gasteiger partial charge in [0, 0.05) is 19.2 Å². The number of benzene rings is 1. The number of carbonyl (C=O) groups is 1. The minimum Gasteiger partial charge on any atom is -0.369 e. The molecule has 0 saturated carbocycles. The fourth-order valence-corrected chi connectivity index (χ4v) is 3.19. The second-order valence-corrected chi connectivity index (χ2v) is 7.43. The highest BCUT2D eigenvalue weighted by molar-refractivity contribution is 7.92. The number of hydrogen-bond acceptors (Lipinski definition) is 6. The molecule has 8 nitrogen and oxygen atoms in total. The summed E-state index contributed by atoms with van der Waals surface area (Å²) in [5.41, 5.74) is 0.523. The molecule has 1 heterocycles. The maximum absolute atomic E-state index is 12.4. The van der Waals surface area contributed by atoms with Crippen LogP contribution in [0.3, 0.4) is 0 Å². The van der Waals surface area contributed by atoms with E-state index in [4.69, 9.17) is 0 Å². The molecule has 1 aromatic heterocycles. The molecule has 0 aliphatic carbocycles. The number of amides is 1. The lowest BCUT2D eigenvalue weighted by Gasteiger charge is -2.09. The van der Waals surface area contributed by atoms with Gasteiger partial charge in [0.2, 0.25) is 5.91 Å². The van der Waals surface area contributed by atoms with Gasteiger partial charge in [0.1, 0.15) is 5.82 Å². The van der Waals surface area contributed by atoms with Crippen LogP contribution >= 0.6 is 0 Å². The molecule has 0 aliphatic heterocycles. The number of anilines is 3. The van der Waals surface area contributed by atoms with Crippen molar-refractivity contribution in [2.75, 3.05) is 21.9 Å². The summed E-state index contributed by atoms with van der Waals surface area (Å²) < 4.78 is 27.1. The molecule has 26 heavy (non-hydrogen) atoms. The van der Waals surface area contributed by atoms with Crippen molar-refractivity contribution >= 4 is 33.3 Å². The molecule has 0 aliphatic rings. The second-order valence-electron chi connectivity index (χ2n) is 5.75. The van der Waals surface area contributed by atoms with Crippen molar-refractivity contribution in [3.05, 3.63) is 36.4 Å². The lowest BCUT2D eigenvalue weighted by molar-refractivity contribution is -0.114. The fourth-order valence-electron chi connectivity index (χ4n) is 2.19. The van der Waals surface area contributed by atoms with Gasteiger partial charge in [0.25, 0.3) is 10.0 Å². The second kappa shape index (κ2) is 9.14. The van der Waals surface area contributed by atoms with Crippen LogP contribution in [0.2, 0.25) is 0 Å². The first-order chi connectivity index (χ1) is 12.4. The van der Waals surface area contributed by atoms with Gasteiger partial charge in [-0.25, -0.2) is 8.42 Å². The zero-order valence-electron chi connectivity index (χ0n) is 14.8. The molecule has 0 saturated heterocycles. The summed E-state index contributed by atoms with van der Waals surface area (Å²) in [6, 6.07) is 9.08. The summed E-state index contributed by atoms with van der Waals surface area (Å²) in [6.45, 7) is 4.32. The van der Waals surface area contributed by atoms with Gasteiger partial charge < -0.3 is 10.6 Å². The number of carbonyl (C=O) groups excluding carboxylic acids is 1. The van der Waals surface area contributed by atoms with Crippen molar-refractivity contribution in [3.63, 3.8) is 0 Å². The van der Waals surface area contributed by atoms with E-state index >= 15 is 0 Å². The largest absolute Gasteiger partial charge is 0.369 e. The Labute approximate surface area is 153 Å². The first-order valence-electron chi connectivity index (χ1n) is 8.39. The number of aromatic nitrogens is 2. The SMILES string of the molecule is CCCCCNc1ccc(NS(=O)(=O)c2ccc(NC(C)=O)cc2)nn1. The van der Waals surface area contributed by atoms with E-state index in [2.05, 4.69) is 32.5 Å². The Morgan fingerprint density at radius 3 is 2.23 bits per heavy atom. The number of nitrogens with zero attached hydrogens (tertiary/aromatic N) is 2. The van der Waals surface area contributed by atoms with Crippen molar-refractivity contribution in [2.24, 2.45) is 0 Å². The molecule has 0 fully saturated rings. The molecule has 1 aromatic carbocycles. The van der Waals surface area contributed by atoms with E-state index in [1.165, 1.54) is 31.2 Å². The summed E-state index contributed by atoms with van der Waals surface area (Å²) in [4.78, 5) is 11.1. The van der Waals surface area contributed by atoms with Gasteiger partial charge in [-0.1, -0.05) is 19.8 Å². The Kier molecular flexibility index (Phi) is 6.90. The lowest BCUT2D eigenvalue weighted by Crippen LogP contribution is -2.15. The van der Waals surface area contributed by atoms with Gasteiger partial charge in [-0.05, 0) is 42.8 Å². The van der Waals surface area contributed by atoms with Crippen molar-refractivity contribution in [2.45, 2.75) is 38.0 Å². The molecule has 140 valence electrons. The molecule has 9 heteroatoms. The van der Waals surface area contributed by atoms with Gasteiger partial charge in [-0.3, -0.25) is 9.52 Å². The molecular formula is C17H23N5O3S. The van der Waals surface area contributed by atoms with Crippen LogP contribution in [0.25, 0.3) is 0 Å².